The fourth-order valence-corrected chi connectivity index (χ4v) is 2.11. The van der Waals surface area contributed by atoms with Crippen LogP contribution in [0.25, 0.3) is 0 Å². The molecule has 1 aromatic rings. The summed E-state index contributed by atoms with van der Waals surface area (Å²) < 4.78 is 0.778. The van der Waals surface area contributed by atoms with Crippen molar-refractivity contribution in [1.29, 1.82) is 0 Å². The summed E-state index contributed by atoms with van der Waals surface area (Å²) in [7, 11) is 0. The zero-order chi connectivity index (χ0) is 13.8. The lowest BCUT2D eigenvalue weighted by Gasteiger charge is -2.08. The number of hydrogen-bond donors (Lipinski definition) is 3. The van der Waals surface area contributed by atoms with E-state index in [1.54, 1.807) is 12.1 Å². The van der Waals surface area contributed by atoms with Gasteiger partial charge in [-0.05, 0) is 34.5 Å². The maximum atomic E-state index is 11.7. The van der Waals surface area contributed by atoms with E-state index in [0.29, 0.717) is 5.69 Å². The molecule has 6 nitrogen and oxygen atoms in total. The number of para-hydroxylation sites is 1. The zero-order valence-corrected chi connectivity index (χ0v) is 11.5. The highest BCUT2D eigenvalue weighted by atomic mass is 79.9. The molecule has 0 bridgehead atoms. The van der Waals surface area contributed by atoms with Crippen LogP contribution in [0.5, 0.6) is 0 Å². The summed E-state index contributed by atoms with van der Waals surface area (Å²) in [6, 6.07) is 7.22. The van der Waals surface area contributed by atoms with Crippen LogP contribution in [0.2, 0.25) is 0 Å². The van der Waals surface area contributed by atoms with Crippen LogP contribution in [0.4, 0.5) is 5.69 Å². The average Bonchev–Trinajstić information content (AvgIpc) is 2.70. The first-order valence-corrected chi connectivity index (χ1v) is 6.51. The standard InChI is InChI=1S/C12H12BrN3O3/c13-8-3-1-2-4-9(8)14-10(17)6-5-7-11(18)15-16-12(7)19/h1-4,7H,5-6H2,(H,14,17)(H,15,18)(H,16,19). The number of anilines is 1. The molecule has 1 aromatic carbocycles. The van der Waals surface area contributed by atoms with Crippen LogP contribution < -0.4 is 16.2 Å². The Hall–Kier alpha value is -1.89. The van der Waals surface area contributed by atoms with Crippen molar-refractivity contribution in [2.75, 3.05) is 5.32 Å². The molecule has 19 heavy (non-hydrogen) atoms. The van der Waals surface area contributed by atoms with Gasteiger partial charge in [0.05, 0.1) is 5.69 Å². The van der Waals surface area contributed by atoms with Crippen LogP contribution in [0.15, 0.2) is 28.7 Å². The van der Waals surface area contributed by atoms with Gasteiger partial charge >= 0.3 is 0 Å². The number of rotatable bonds is 4. The predicted molar refractivity (Wildman–Crippen MR) is 71.8 cm³/mol. The highest BCUT2D eigenvalue weighted by Gasteiger charge is 2.32. The van der Waals surface area contributed by atoms with E-state index in [4.69, 9.17) is 0 Å². The molecular weight excluding hydrogens is 314 g/mol. The van der Waals surface area contributed by atoms with E-state index in [1.807, 2.05) is 12.1 Å². The minimum atomic E-state index is -0.787. The summed E-state index contributed by atoms with van der Waals surface area (Å²) >= 11 is 3.32. The van der Waals surface area contributed by atoms with E-state index in [9.17, 15) is 14.4 Å². The molecule has 3 amide bonds. The monoisotopic (exact) mass is 325 g/mol. The molecule has 1 saturated heterocycles. The summed E-state index contributed by atoms with van der Waals surface area (Å²) in [6.07, 6.45) is 0.292. The van der Waals surface area contributed by atoms with Gasteiger partial charge in [-0.25, -0.2) is 0 Å². The molecule has 1 heterocycles. The van der Waals surface area contributed by atoms with E-state index in [2.05, 4.69) is 32.1 Å². The Balaban J connectivity index is 1.87. The van der Waals surface area contributed by atoms with Gasteiger partial charge in [0.1, 0.15) is 5.92 Å². The van der Waals surface area contributed by atoms with Gasteiger partial charge in [-0.3, -0.25) is 25.2 Å². The zero-order valence-electron chi connectivity index (χ0n) is 9.90. The van der Waals surface area contributed by atoms with Crippen molar-refractivity contribution >= 4 is 39.3 Å². The Bertz CT molecular complexity index is 517. The van der Waals surface area contributed by atoms with Gasteiger partial charge in [-0.1, -0.05) is 12.1 Å². The first-order chi connectivity index (χ1) is 9.08. The molecule has 0 saturated carbocycles. The van der Waals surface area contributed by atoms with Crippen molar-refractivity contribution in [1.82, 2.24) is 10.9 Å². The molecule has 0 atom stereocenters. The van der Waals surface area contributed by atoms with Crippen molar-refractivity contribution in [3.8, 4) is 0 Å². The molecule has 100 valence electrons. The van der Waals surface area contributed by atoms with Crippen molar-refractivity contribution in [3.63, 3.8) is 0 Å². The van der Waals surface area contributed by atoms with E-state index in [1.165, 1.54) is 0 Å². The summed E-state index contributed by atoms with van der Waals surface area (Å²) in [5.41, 5.74) is 5.11. The van der Waals surface area contributed by atoms with Gasteiger partial charge < -0.3 is 5.32 Å². The van der Waals surface area contributed by atoms with Gasteiger partial charge in [-0.2, -0.15) is 0 Å². The lowest BCUT2D eigenvalue weighted by Crippen LogP contribution is -2.28. The molecule has 0 unspecified atom stereocenters. The van der Waals surface area contributed by atoms with E-state index >= 15 is 0 Å². The molecule has 0 aliphatic carbocycles. The summed E-state index contributed by atoms with van der Waals surface area (Å²) in [5, 5.41) is 2.71. The third-order valence-electron chi connectivity index (χ3n) is 2.75. The summed E-state index contributed by atoms with van der Waals surface area (Å²) in [5.74, 6) is -1.80. The number of halogens is 1. The average molecular weight is 326 g/mol. The second kappa shape index (κ2) is 5.83. The summed E-state index contributed by atoms with van der Waals surface area (Å²) in [4.78, 5) is 34.3. The van der Waals surface area contributed by atoms with E-state index in [-0.39, 0.29) is 18.7 Å². The lowest BCUT2D eigenvalue weighted by atomic mass is 10.0. The Labute approximate surface area is 118 Å². The van der Waals surface area contributed by atoms with Crippen LogP contribution in [-0.2, 0) is 14.4 Å². The third kappa shape index (κ3) is 3.31. The van der Waals surface area contributed by atoms with Crippen molar-refractivity contribution in [2.45, 2.75) is 12.8 Å². The molecule has 1 aliphatic rings. The fourth-order valence-electron chi connectivity index (χ4n) is 1.73. The number of carbonyl (C=O) groups is 3. The minimum absolute atomic E-state index is 0.104. The van der Waals surface area contributed by atoms with Crippen LogP contribution in [-0.4, -0.2) is 17.7 Å². The predicted octanol–water partition coefficient (Wildman–Crippen LogP) is 0.945. The number of amides is 3. The van der Waals surface area contributed by atoms with E-state index in [0.717, 1.165) is 4.47 Å². The molecule has 3 N–H and O–H groups in total. The smallest absolute Gasteiger partial charge is 0.251 e. The van der Waals surface area contributed by atoms with Gasteiger partial charge in [0.25, 0.3) is 11.8 Å². The molecular formula is C12H12BrN3O3. The molecule has 0 aromatic heterocycles. The number of nitrogens with one attached hydrogen (secondary N) is 3. The SMILES string of the molecule is O=C(CCC1C(=O)NNC1=O)Nc1ccccc1Br. The number of carbonyl (C=O) groups excluding carboxylic acids is 3. The van der Waals surface area contributed by atoms with Gasteiger partial charge in [0.2, 0.25) is 5.91 Å². The normalized spacial score (nSPS) is 15.0. The number of hydrazine groups is 1. The van der Waals surface area contributed by atoms with Crippen molar-refractivity contribution in [2.24, 2.45) is 5.92 Å². The molecule has 0 spiro atoms. The van der Waals surface area contributed by atoms with Gasteiger partial charge in [0.15, 0.2) is 0 Å². The van der Waals surface area contributed by atoms with Gasteiger partial charge in [0, 0.05) is 10.9 Å². The minimum Gasteiger partial charge on any atom is -0.325 e. The Morgan fingerprint density at radius 2 is 1.84 bits per heavy atom. The maximum Gasteiger partial charge on any atom is 0.251 e. The highest BCUT2D eigenvalue weighted by molar-refractivity contribution is 9.10. The van der Waals surface area contributed by atoms with Crippen LogP contribution in [0.1, 0.15) is 12.8 Å². The van der Waals surface area contributed by atoms with Crippen LogP contribution in [0, 0.1) is 5.92 Å². The molecule has 7 heteroatoms. The Kier molecular flexibility index (Phi) is 4.16. The maximum absolute atomic E-state index is 11.7. The number of hydrogen-bond acceptors (Lipinski definition) is 3. The van der Waals surface area contributed by atoms with E-state index < -0.39 is 17.7 Å². The fraction of sp³-hybridized carbons (Fsp3) is 0.250. The molecule has 1 fully saturated rings. The third-order valence-corrected chi connectivity index (χ3v) is 3.44. The van der Waals surface area contributed by atoms with Crippen molar-refractivity contribution < 1.29 is 14.4 Å². The molecule has 2 rings (SSSR count). The quantitative estimate of drug-likeness (QED) is 0.720. The van der Waals surface area contributed by atoms with Crippen molar-refractivity contribution in [3.05, 3.63) is 28.7 Å². The second-order valence-electron chi connectivity index (χ2n) is 4.10. The summed E-state index contributed by atoms with van der Waals surface area (Å²) in [6.45, 7) is 0. The Morgan fingerprint density at radius 3 is 2.47 bits per heavy atom. The van der Waals surface area contributed by atoms with Crippen LogP contribution in [0.3, 0.4) is 0 Å². The Morgan fingerprint density at radius 1 is 1.21 bits per heavy atom. The topological polar surface area (TPSA) is 87.3 Å². The first kappa shape index (κ1) is 13.5. The molecule has 0 radical (unpaired) electrons. The van der Waals surface area contributed by atoms with Crippen LogP contribution >= 0.6 is 15.9 Å². The molecule has 1 aliphatic heterocycles. The van der Waals surface area contributed by atoms with Gasteiger partial charge in [-0.15, -0.1) is 0 Å². The number of benzene rings is 1. The second-order valence-corrected chi connectivity index (χ2v) is 4.95. The highest BCUT2D eigenvalue weighted by Crippen LogP contribution is 2.21. The first-order valence-electron chi connectivity index (χ1n) is 5.72. The lowest BCUT2D eigenvalue weighted by molar-refractivity contribution is -0.128. The largest absolute Gasteiger partial charge is 0.325 e.